The lowest BCUT2D eigenvalue weighted by Crippen LogP contribution is -2.18. The molecule has 0 aromatic rings. The lowest BCUT2D eigenvalue weighted by molar-refractivity contribution is -0.146. The summed E-state index contributed by atoms with van der Waals surface area (Å²) in [5, 5.41) is 17.8. The molecule has 142 valence electrons. The number of aliphatic hydroxyl groups is 1. The van der Waals surface area contributed by atoms with E-state index < -0.39 is 12.1 Å². The molecule has 0 spiro atoms. The summed E-state index contributed by atoms with van der Waals surface area (Å²) in [5.74, 6) is -0.340. The second-order valence-electron chi connectivity index (χ2n) is 7.04. The quantitative estimate of drug-likeness (QED) is 0.390. The van der Waals surface area contributed by atoms with Crippen molar-refractivity contribution in [2.24, 2.45) is 11.8 Å². The van der Waals surface area contributed by atoms with Crippen LogP contribution in [0.2, 0.25) is 0 Å². The lowest BCUT2D eigenvalue weighted by atomic mass is 9.87. The van der Waals surface area contributed by atoms with Gasteiger partial charge in [-0.2, -0.15) is 0 Å². The van der Waals surface area contributed by atoms with E-state index in [1.165, 1.54) is 0 Å². The Balaban J connectivity index is 2.32. The summed E-state index contributed by atoms with van der Waals surface area (Å²) in [6, 6.07) is 0. The zero-order valence-electron chi connectivity index (χ0n) is 15.3. The molecular formula is C20H32O5. The zero-order valence-corrected chi connectivity index (χ0v) is 15.3. The summed E-state index contributed by atoms with van der Waals surface area (Å²) in [4.78, 5) is 34.5. The van der Waals surface area contributed by atoms with Crippen molar-refractivity contribution in [1.82, 2.24) is 0 Å². The van der Waals surface area contributed by atoms with Crippen LogP contribution in [0.4, 0.5) is 0 Å². The second-order valence-corrected chi connectivity index (χ2v) is 7.04. The van der Waals surface area contributed by atoms with E-state index in [1.807, 2.05) is 12.2 Å². The molecule has 0 radical (unpaired) electrons. The average molecular weight is 352 g/mol. The predicted molar refractivity (Wildman–Crippen MR) is 96.2 cm³/mol. The van der Waals surface area contributed by atoms with Gasteiger partial charge in [-0.25, -0.2) is 4.79 Å². The van der Waals surface area contributed by atoms with Gasteiger partial charge in [0.15, 0.2) is 6.10 Å². The third-order valence-electron chi connectivity index (χ3n) is 5.05. The highest BCUT2D eigenvalue weighted by Gasteiger charge is 2.33. The fraction of sp³-hybridized carbons (Fsp3) is 0.750. The van der Waals surface area contributed by atoms with Crippen LogP contribution in [0, 0.1) is 11.8 Å². The number of aliphatic carboxylic acids is 1. The van der Waals surface area contributed by atoms with Gasteiger partial charge in [-0.1, -0.05) is 31.9 Å². The van der Waals surface area contributed by atoms with Gasteiger partial charge >= 0.3 is 5.97 Å². The van der Waals surface area contributed by atoms with Gasteiger partial charge in [0, 0.05) is 25.2 Å². The SMILES string of the molecule is CCCCCC(=O)CC[C@H]1CCC(=O)[C@@H]1CC=CCCC(O)C(=O)O. The molecule has 0 aliphatic heterocycles. The molecule has 1 fully saturated rings. The Morgan fingerprint density at radius 1 is 1.24 bits per heavy atom. The van der Waals surface area contributed by atoms with Crippen molar-refractivity contribution in [3.05, 3.63) is 12.2 Å². The summed E-state index contributed by atoms with van der Waals surface area (Å²) >= 11 is 0. The summed E-state index contributed by atoms with van der Waals surface area (Å²) in [7, 11) is 0. The number of allylic oxidation sites excluding steroid dienone is 2. The molecule has 1 aliphatic carbocycles. The Bertz CT molecular complexity index is 469. The summed E-state index contributed by atoms with van der Waals surface area (Å²) < 4.78 is 0. The van der Waals surface area contributed by atoms with Gasteiger partial charge in [-0.3, -0.25) is 9.59 Å². The maximum Gasteiger partial charge on any atom is 0.332 e. The summed E-state index contributed by atoms with van der Waals surface area (Å²) in [5.41, 5.74) is 0. The first-order valence-corrected chi connectivity index (χ1v) is 9.56. The van der Waals surface area contributed by atoms with Gasteiger partial charge in [0.25, 0.3) is 0 Å². The van der Waals surface area contributed by atoms with E-state index in [-0.39, 0.29) is 24.0 Å². The normalized spacial score (nSPS) is 21.8. The number of hydrogen-bond acceptors (Lipinski definition) is 4. The minimum atomic E-state index is -1.33. The van der Waals surface area contributed by atoms with Crippen LogP contribution in [-0.2, 0) is 14.4 Å². The Morgan fingerprint density at radius 2 is 2.00 bits per heavy atom. The standard InChI is InChI=1S/C20H32O5/c1-2-3-5-8-16(21)13-11-15-12-14-18(22)17(15)9-6-4-7-10-19(23)20(24)25/h4,6,15,17,19,23H,2-3,5,7-14H2,1H3,(H,24,25)/t15-,17+,19?/m0/s1. The zero-order chi connectivity index (χ0) is 18.7. The van der Waals surface area contributed by atoms with Crippen molar-refractivity contribution in [3.63, 3.8) is 0 Å². The van der Waals surface area contributed by atoms with E-state index in [0.717, 1.165) is 32.1 Å². The van der Waals surface area contributed by atoms with E-state index in [1.54, 1.807) is 0 Å². The van der Waals surface area contributed by atoms with Crippen LogP contribution in [0.15, 0.2) is 12.2 Å². The Kier molecular flexibility index (Phi) is 10.3. The number of carboxylic acid groups (broad SMARTS) is 1. The fourth-order valence-electron chi connectivity index (χ4n) is 3.43. The smallest absolute Gasteiger partial charge is 0.332 e. The molecule has 0 saturated heterocycles. The number of carbonyl (C=O) groups is 3. The molecule has 1 unspecified atom stereocenters. The van der Waals surface area contributed by atoms with Crippen molar-refractivity contribution < 1.29 is 24.6 Å². The maximum absolute atomic E-state index is 12.1. The van der Waals surface area contributed by atoms with Crippen molar-refractivity contribution >= 4 is 17.5 Å². The first kappa shape index (κ1) is 21.6. The highest BCUT2D eigenvalue weighted by Crippen LogP contribution is 2.35. The Labute approximate surface area is 150 Å². The maximum atomic E-state index is 12.1. The molecule has 0 amide bonds. The topological polar surface area (TPSA) is 91.7 Å². The van der Waals surface area contributed by atoms with Crippen LogP contribution in [0.5, 0.6) is 0 Å². The first-order valence-electron chi connectivity index (χ1n) is 9.56. The predicted octanol–water partition coefficient (Wildman–Crippen LogP) is 3.68. The Morgan fingerprint density at radius 3 is 2.68 bits per heavy atom. The van der Waals surface area contributed by atoms with Crippen LogP contribution < -0.4 is 0 Å². The van der Waals surface area contributed by atoms with Gasteiger partial charge in [-0.15, -0.1) is 0 Å². The van der Waals surface area contributed by atoms with Crippen LogP contribution in [0.1, 0.15) is 77.6 Å². The number of rotatable bonds is 13. The molecule has 1 saturated carbocycles. The molecule has 5 heteroatoms. The van der Waals surface area contributed by atoms with Gasteiger partial charge < -0.3 is 10.2 Å². The largest absolute Gasteiger partial charge is 0.479 e. The Hall–Kier alpha value is -1.49. The monoisotopic (exact) mass is 352 g/mol. The van der Waals surface area contributed by atoms with Gasteiger partial charge in [0.1, 0.15) is 11.6 Å². The molecule has 0 bridgehead atoms. The minimum absolute atomic E-state index is 0.0101. The van der Waals surface area contributed by atoms with Crippen molar-refractivity contribution in [3.8, 4) is 0 Å². The molecule has 0 heterocycles. The average Bonchev–Trinajstić information content (AvgIpc) is 2.92. The third kappa shape index (κ3) is 8.43. The molecule has 1 rings (SSSR count). The van der Waals surface area contributed by atoms with Crippen molar-refractivity contribution in [1.29, 1.82) is 0 Å². The number of hydrogen-bond donors (Lipinski definition) is 2. The number of aliphatic hydroxyl groups excluding tert-OH is 1. The highest BCUT2D eigenvalue weighted by atomic mass is 16.4. The van der Waals surface area contributed by atoms with Crippen LogP contribution in [0.25, 0.3) is 0 Å². The fourth-order valence-corrected chi connectivity index (χ4v) is 3.43. The number of carbonyl (C=O) groups excluding carboxylic acids is 2. The summed E-state index contributed by atoms with van der Waals surface area (Å²) in [6.07, 6.45) is 10.4. The molecule has 5 nitrogen and oxygen atoms in total. The minimum Gasteiger partial charge on any atom is -0.479 e. The van der Waals surface area contributed by atoms with Crippen LogP contribution >= 0.6 is 0 Å². The summed E-state index contributed by atoms with van der Waals surface area (Å²) in [6.45, 7) is 2.12. The number of Topliss-reactive ketones (excluding diaryl/α,β-unsaturated/α-hetero) is 2. The molecule has 0 aromatic carbocycles. The van der Waals surface area contributed by atoms with E-state index >= 15 is 0 Å². The molecular weight excluding hydrogens is 320 g/mol. The number of carboxylic acids is 1. The highest BCUT2D eigenvalue weighted by molar-refractivity contribution is 5.84. The van der Waals surface area contributed by atoms with Crippen molar-refractivity contribution in [2.45, 2.75) is 83.7 Å². The molecule has 3 atom stereocenters. The first-order chi connectivity index (χ1) is 12.0. The van der Waals surface area contributed by atoms with Gasteiger partial charge in [0.05, 0.1) is 0 Å². The van der Waals surface area contributed by atoms with E-state index in [0.29, 0.717) is 37.9 Å². The van der Waals surface area contributed by atoms with E-state index in [4.69, 9.17) is 5.11 Å². The van der Waals surface area contributed by atoms with Crippen LogP contribution in [-0.4, -0.2) is 33.9 Å². The van der Waals surface area contributed by atoms with E-state index in [9.17, 15) is 19.5 Å². The van der Waals surface area contributed by atoms with Gasteiger partial charge in [-0.05, 0) is 44.4 Å². The van der Waals surface area contributed by atoms with Gasteiger partial charge in [0.2, 0.25) is 0 Å². The van der Waals surface area contributed by atoms with E-state index in [2.05, 4.69) is 6.92 Å². The molecule has 1 aliphatic rings. The molecule has 0 aromatic heterocycles. The molecule has 25 heavy (non-hydrogen) atoms. The molecule has 2 N–H and O–H groups in total. The van der Waals surface area contributed by atoms with Crippen LogP contribution in [0.3, 0.4) is 0 Å². The lowest BCUT2D eigenvalue weighted by Gasteiger charge is -2.16. The van der Waals surface area contributed by atoms with Crippen molar-refractivity contribution in [2.75, 3.05) is 0 Å². The second kappa shape index (κ2) is 12.0. The number of ketones is 2. The number of unbranched alkanes of at least 4 members (excludes halogenated alkanes) is 2. The third-order valence-corrected chi connectivity index (χ3v) is 5.05.